The smallest absolute Gasteiger partial charge is 0.267 e. The highest BCUT2D eigenvalue weighted by molar-refractivity contribution is 5.98. The molecule has 0 unspecified atom stereocenters. The number of anilines is 1. The number of para-hydroxylation sites is 1. The van der Waals surface area contributed by atoms with Crippen LogP contribution in [0.5, 0.6) is 11.5 Å². The zero-order valence-corrected chi connectivity index (χ0v) is 15.1. The van der Waals surface area contributed by atoms with E-state index in [0.29, 0.717) is 29.7 Å². The van der Waals surface area contributed by atoms with Gasteiger partial charge in [-0.05, 0) is 44.2 Å². The first kappa shape index (κ1) is 17.1. The standard InChI is InChI=1S/C20H19N3O4/c1-3-23-16-11-14(9-10-17(16)25-12-18(23)24)19-21-20(27-22-19)13(2)26-15-7-5-4-6-8-15/h4-11,13H,3,12H2,1-2H3/t13-/m0/s1. The summed E-state index contributed by atoms with van der Waals surface area (Å²) in [5.41, 5.74) is 1.46. The Kier molecular flexibility index (Phi) is 4.50. The molecule has 0 aliphatic carbocycles. The first-order valence-electron chi connectivity index (χ1n) is 8.78. The molecular weight excluding hydrogens is 346 g/mol. The Morgan fingerprint density at radius 1 is 1.22 bits per heavy atom. The van der Waals surface area contributed by atoms with Gasteiger partial charge in [-0.25, -0.2) is 0 Å². The van der Waals surface area contributed by atoms with Crippen LogP contribution in [0.25, 0.3) is 11.4 Å². The van der Waals surface area contributed by atoms with E-state index in [1.807, 2.05) is 62.4 Å². The van der Waals surface area contributed by atoms with E-state index in [0.717, 1.165) is 11.3 Å². The summed E-state index contributed by atoms with van der Waals surface area (Å²) in [6, 6.07) is 15.0. The van der Waals surface area contributed by atoms with Gasteiger partial charge < -0.3 is 18.9 Å². The van der Waals surface area contributed by atoms with Crippen molar-refractivity contribution in [1.82, 2.24) is 10.1 Å². The minimum atomic E-state index is -0.386. The lowest BCUT2D eigenvalue weighted by molar-refractivity contribution is -0.121. The van der Waals surface area contributed by atoms with E-state index in [1.165, 1.54) is 0 Å². The molecule has 27 heavy (non-hydrogen) atoms. The van der Waals surface area contributed by atoms with Crippen molar-refractivity contribution in [2.45, 2.75) is 20.0 Å². The van der Waals surface area contributed by atoms with E-state index in [9.17, 15) is 4.79 Å². The summed E-state index contributed by atoms with van der Waals surface area (Å²) < 4.78 is 16.7. The van der Waals surface area contributed by atoms with Gasteiger partial charge in [-0.3, -0.25) is 4.79 Å². The Hall–Kier alpha value is -3.35. The first-order valence-corrected chi connectivity index (χ1v) is 8.78. The zero-order chi connectivity index (χ0) is 18.8. The molecule has 0 saturated carbocycles. The average Bonchev–Trinajstić information content (AvgIpc) is 3.19. The Labute approximate surface area is 156 Å². The second-order valence-electron chi connectivity index (χ2n) is 6.14. The third-order valence-electron chi connectivity index (χ3n) is 4.32. The molecule has 1 atom stereocenters. The molecular formula is C20H19N3O4. The van der Waals surface area contributed by atoms with Crippen LogP contribution in [0.2, 0.25) is 0 Å². The lowest BCUT2D eigenvalue weighted by atomic mass is 10.1. The van der Waals surface area contributed by atoms with Gasteiger partial charge in [-0.2, -0.15) is 4.98 Å². The van der Waals surface area contributed by atoms with Crippen molar-refractivity contribution in [1.29, 1.82) is 0 Å². The Morgan fingerprint density at radius 3 is 2.81 bits per heavy atom. The second kappa shape index (κ2) is 7.11. The lowest BCUT2D eigenvalue weighted by Crippen LogP contribution is -2.38. The molecule has 1 aromatic heterocycles. The van der Waals surface area contributed by atoms with E-state index in [4.69, 9.17) is 14.0 Å². The van der Waals surface area contributed by atoms with Crippen LogP contribution in [0.4, 0.5) is 5.69 Å². The molecule has 0 saturated heterocycles. The summed E-state index contributed by atoms with van der Waals surface area (Å²) >= 11 is 0. The molecule has 1 aliphatic rings. The predicted molar refractivity (Wildman–Crippen MR) is 98.7 cm³/mol. The summed E-state index contributed by atoms with van der Waals surface area (Å²) in [6.07, 6.45) is -0.386. The monoisotopic (exact) mass is 365 g/mol. The number of rotatable bonds is 5. The number of benzene rings is 2. The number of ether oxygens (including phenoxy) is 2. The summed E-state index contributed by atoms with van der Waals surface area (Å²) in [7, 11) is 0. The van der Waals surface area contributed by atoms with Crippen molar-refractivity contribution in [2.75, 3.05) is 18.1 Å². The Bertz CT molecular complexity index is 955. The van der Waals surface area contributed by atoms with Crippen LogP contribution in [0, 0.1) is 0 Å². The van der Waals surface area contributed by atoms with E-state index in [-0.39, 0.29) is 18.6 Å². The van der Waals surface area contributed by atoms with Crippen LogP contribution >= 0.6 is 0 Å². The van der Waals surface area contributed by atoms with E-state index >= 15 is 0 Å². The van der Waals surface area contributed by atoms with Gasteiger partial charge >= 0.3 is 0 Å². The fourth-order valence-electron chi connectivity index (χ4n) is 2.96. The molecule has 138 valence electrons. The molecule has 7 nitrogen and oxygen atoms in total. The van der Waals surface area contributed by atoms with Gasteiger partial charge in [0.1, 0.15) is 11.5 Å². The van der Waals surface area contributed by atoms with E-state index in [2.05, 4.69) is 10.1 Å². The van der Waals surface area contributed by atoms with E-state index < -0.39 is 0 Å². The summed E-state index contributed by atoms with van der Waals surface area (Å²) in [5.74, 6) is 2.15. The van der Waals surface area contributed by atoms with Crippen LogP contribution in [-0.2, 0) is 4.79 Å². The molecule has 2 aromatic carbocycles. The fraction of sp³-hybridized carbons (Fsp3) is 0.250. The maximum atomic E-state index is 12.0. The fourth-order valence-corrected chi connectivity index (χ4v) is 2.96. The molecule has 1 amide bonds. The molecule has 3 aromatic rings. The largest absolute Gasteiger partial charge is 0.482 e. The highest BCUT2D eigenvalue weighted by Crippen LogP contribution is 2.35. The molecule has 1 aliphatic heterocycles. The molecule has 0 bridgehead atoms. The van der Waals surface area contributed by atoms with Crippen molar-refractivity contribution >= 4 is 11.6 Å². The highest BCUT2D eigenvalue weighted by Gasteiger charge is 2.25. The van der Waals surface area contributed by atoms with Crippen LogP contribution in [0.15, 0.2) is 53.1 Å². The third kappa shape index (κ3) is 3.36. The third-order valence-corrected chi connectivity index (χ3v) is 4.32. The lowest BCUT2D eigenvalue weighted by Gasteiger charge is -2.28. The molecule has 0 radical (unpaired) electrons. The van der Waals surface area contributed by atoms with E-state index in [1.54, 1.807) is 4.90 Å². The quantitative estimate of drug-likeness (QED) is 0.687. The van der Waals surface area contributed by atoms with Gasteiger partial charge in [0, 0.05) is 12.1 Å². The van der Waals surface area contributed by atoms with Gasteiger partial charge in [0.15, 0.2) is 12.7 Å². The number of hydrogen-bond acceptors (Lipinski definition) is 6. The Balaban J connectivity index is 1.58. The van der Waals surface area contributed by atoms with Crippen molar-refractivity contribution in [3.05, 3.63) is 54.4 Å². The van der Waals surface area contributed by atoms with Crippen LogP contribution in [0.1, 0.15) is 25.8 Å². The van der Waals surface area contributed by atoms with Gasteiger partial charge in [0.25, 0.3) is 11.8 Å². The Morgan fingerprint density at radius 2 is 2.04 bits per heavy atom. The SMILES string of the molecule is CCN1C(=O)COc2ccc(-c3noc([C@H](C)Oc4ccccc4)n3)cc21. The second-order valence-corrected chi connectivity index (χ2v) is 6.14. The normalized spacial score (nSPS) is 14.4. The average molecular weight is 365 g/mol. The molecule has 0 fully saturated rings. The zero-order valence-electron chi connectivity index (χ0n) is 15.1. The van der Waals surface area contributed by atoms with Crippen LogP contribution < -0.4 is 14.4 Å². The summed E-state index contributed by atoms with van der Waals surface area (Å²) in [4.78, 5) is 18.2. The first-order chi connectivity index (χ1) is 13.2. The highest BCUT2D eigenvalue weighted by atomic mass is 16.5. The number of aromatic nitrogens is 2. The number of nitrogens with zero attached hydrogens (tertiary/aromatic N) is 3. The maximum absolute atomic E-state index is 12.0. The van der Waals surface area contributed by atoms with Gasteiger partial charge in [0.2, 0.25) is 5.82 Å². The minimum Gasteiger partial charge on any atom is -0.482 e. The number of amides is 1. The van der Waals surface area contributed by atoms with Crippen LogP contribution in [-0.4, -0.2) is 29.2 Å². The molecule has 0 N–H and O–H groups in total. The van der Waals surface area contributed by atoms with Crippen LogP contribution in [0.3, 0.4) is 0 Å². The van der Waals surface area contributed by atoms with Crippen molar-refractivity contribution in [3.63, 3.8) is 0 Å². The summed E-state index contributed by atoms with van der Waals surface area (Å²) in [6.45, 7) is 4.40. The minimum absolute atomic E-state index is 0.0564. The molecule has 7 heteroatoms. The molecule has 4 rings (SSSR count). The maximum Gasteiger partial charge on any atom is 0.267 e. The number of carbonyl (C=O) groups excluding carboxylic acids is 1. The predicted octanol–water partition coefficient (Wildman–Crippen LogP) is 3.62. The van der Waals surface area contributed by atoms with Crippen molar-refractivity contribution in [2.24, 2.45) is 0 Å². The molecule has 2 heterocycles. The van der Waals surface area contributed by atoms with Gasteiger partial charge in [-0.15, -0.1) is 0 Å². The van der Waals surface area contributed by atoms with Crippen molar-refractivity contribution in [3.8, 4) is 22.9 Å². The summed E-state index contributed by atoms with van der Waals surface area (Å²) in [5, 5.41) is 4.06. The number of fused-ring (bicyclic) bond motifs is 1. The number of carbonyl (C=O) groups is 1. The van der Waals surface area contributed by atoms with Gasteiger partial charge in [0.05, 0.1) is 5.69 Å². The number of hydrogen-bond donors (Lipinski definition) is 0. The van der Waals surface area contributed by atoms with Crippen molar-refractivity contribution < 1.29 is 18.8 Å². The topological polar surface area (TPSA) is 77.7 Å². The molecule has 0 spiro atoms. The number of likely N-dealkylation sites (N-methyl/N-ethyl adjacent to an activating group) is 1. The van der Waals surface area contributed by atoms with Gasteiger partial charge in [-0.1, -0.05) is 23.4 Å².